The predicted octanol–water partition coefficient (Wildman–Crippen LogP) is 4.17. The zero-order chi connectivity index (χ0) is 23.7. The molecule has 3 heterocycles. The summed E-state index contributed by atoms with van der Waals surface area (Å²) in [6.07, 6.45) is 1.63. The van der Waals surface area contributed by atoms with Crippen molar-refractivity contribution in [1.29, 1.82) is 0 Å². The summed E-state index contributed by atoms with van der Waals surface area (Å²) in [5.74, 6) is 0.703. The van der Waals surface area contributed by atoms with Crippen LogP contribution in [0.3, 0.4) is 0 Å². The number of nitrogens with zero attached hydrogens (tertiary/aromatic N) is 3. The van der Waals surface area contributed by atoms with Gasteiger partial charge in [0.1, 0.15) is 17.4 Å². The molecule has 180 valence electrons. The molecule has 9 heteroatoms. The fourth-order valence-corrected chi connectivity index (χ4v) is 4.78. The maximum absolute atomic E-state index is 13.1. The number of hydrogen-bond donors (Lipinski definition) is 0. The van der Waals surface area contributed by atoms with Crippen LogP contribution in [0, 0.1) is 6.92 Å². The van der Waals surface area contributed by atoms with Gasteiger partial charge in [-0.15, -0.1) is 0 Å². The number of piperidine rings is 1. The zero-order valence-electron chi connectivity index (χ0n) is 19.7. The van der Waals surface area contributed by atoms with Gasteiger partial charge < -0.3 is 28.6 Å². The summed E-state index contributed by atoms with van der Waals surface area (Å²) in [6, 6.07) is 4.16. The Labute approximate surface area is 199 Å². The molecule has 0 atom stereocenters. The molecule has 0 radical (unpaired) electrons. The van der Waals surface area contributed by atoms with E-state index < -0.39 is 0 Å². The Morgan fingerprint density at radius 1 is 1.06 bits per heavy atom. The predicted molar refractivity (Wildman–Crippen MR) is 126 cm³/mol. The highest BCUT2D eigenvalue weighted by molar-refractivity contribution is 6.33. The van der Waals surface area contributed by atoms with Crippen molar-refractivity contribution in [3.63, 3.8) is 0 Å². The topological polar surface area (TPSA) is 75.5 Å². The number of halogens is 1. The summed E-state index contributed by atoms with van der Waals surface area (Å²) >= 11 is 6.55. The van der Waals surface area contributed by atoms with E-state index in [9.17, 15) is 9.59 Å². The van der Waals surface area contributed by atoms with Crippen LogP contribution in [-0.2, 0) is 4.74 Å². The molecule has 0 N–H and O–H groups in total. The molecular formula is C24H32ClN3O5. The second kappa shape index (κ2) is 9.81. The SMILES string of the molecule is COC(=O)N1CCN(C(=O)c2oc3cc(OC4CCN(C(C)C)CC4)c(Cl)cc3c2C)CC1. The lowest BCUT2D eigenvalue weighted by molar-refractivity contribution is 0.0574. The Bertz CT molecular complexity index is 1020. The minimum absolute atomic E-state index is 0.109. The summed E-state index contributed by atoms with van der Waals surface area (Å²) in [5, 5.41) is 1.32. The number of furan rings is 1. The normalized spacial score (nSPS) is 18.2. The van der Waals surface area contributed by atoms with Crippen LogP contribution in [0.4, 0.5) is 4.79 Å². The Kier molecular flexibility index (Phi) is 7.05. The number of ether oxygens (including phenoxy) is 2. The number of benzene rings is 1. The first-order valence-corrected chi connectivity index (χ1v) is 11.9. The van der Waals surface area contributed by atoms with Gasteiger partial charge in [0.25, 0.3) is 5.91 Å². The number of fused-ring (bicyclic) bond motifs is 1. The highest BCUT2D eigenvalue weighted by Crippen LogP contribution is 2.36. The lowest BCUT2D eigenvalue weighted by atomic mass is 10.1. The van der Waals surface area contributed by atoms with E-state index in [1.165, 1.54) is 7.11 Å². The monoisotopic (exact) mass is 477 g/mol. The van der Waals surface area contributed by atoms with Gasteiger partial charge in [-0.2, -0.15) is 0 Å². The molecule has 2 aliphatic heterocycles. The minimum Gasteiger partial charge on any atom is -0.489 e. The van der Waals surface area contributed by atoms with E-state index in [4.69, 9.17) is 25.5 Å². The van der Waals surface area contributed by atoms with Crippen LogP contribution < -0.4 is 4.74 Å². The number of piperazine rings is 1. The zero-order valence-corrected chi connectivity index (χ0v) is 20.5. The van der Waals surface area contributed by atoms with Crippen molar-refractivity contribution >= 4 is 34.6 Å². The molecule has 1 aromatic heterocycles. The van der Waals surface area contributed by atoms with Crippen molar-refractivity contribution < 1.29 is 23.5 Å². The molecule has 1 aromatic carbocycles. The number of carbonyl (C=O) groups excluding carboxylic acids is 2. The van der Waals surface area contributed by atoms with E-state index in [2.05, 4.69) is 18.7 Å². The van der Waals surface area contributed by atoms with Gasteiger partial charge in [-0.25, -0.2) is 4.79 Å². The van der Waals surface area contributed by atoms with Crippen molar-refractivity contribution in [2.45, 2.75) is 45.8 Å². The fourth-order valence-electron chi connectivity index (χ4n) is 4.57. The molecule has 2 amide bonds. The van der Waals surface area contributed by atoms with Crippen molar-refractivity contribution in [2.75, 3.05) is 46.4 Å². The van der Waals surface area contributed by atoms with E-state index >= 15 is 0 Å². The van der Waals surface area contributed by atoms with Crippen LogP contribution in [-0.4, -0.2) is 85.2 Å². The summed E-state index contributed by atoms with van der Waals surface area (Å²) < 4.78 is 17.0. The number of rotatable bonds is 4. The first-order chi connectivity index (χ1) is 15.8. The maximum Gasteiger partial charge on any atom is 0.409 e. The Morgan fingerprint density at radius 3 is 2.30 bits per heavy atom. The number of carbonyl (C=O) groups is 2. The van der Waals surface area contributed by atoms with Crippen LogP contribution in [0.25, 0.3) is 11.0 Å². The van der Waals surface area contributed by atoms with Gasteiger partial charge in [-0.05, 0) is 39.7 Å². The molecule has 0 bridgehead atoms. The Morgan fingerprint density at radius 2 is 1.70 bits per heavy atom. The van der Waals surface area contributed by atoms with Gasteiger partial charge in [0, 0.05) is 62.3 Å². The molecule has 0 spiro atoms. The number of amides is 2. The molecule has 33 heavy (non-hydrogen) atoms. The summed E-state index contributed by atoms with van der Waals surface area (Å²) in [4.78, 5) is 30.6. The second-order valence-electron chi connectivity index (χ2n) is 9.03. The standard InChI is InChI=1S/C24H32ClN3O5/c1-15(2)26-7-5-17(6-8-26)32-21-14-20-18(13-19(21)25)16(3)22(33-20)23(29)27-9-11-28(12-10-27)24(30)31-4/h13-15,17H,5-12H2,1-4H3. The third kappa shape index (κ3) is 4.92. The van der Waals surface area contributed by atoms with Gasteiger partial charge in [0.15, 0.2) is 5.76 Å². The molecule has 2 aliphatic rings. The highest BCUT2D eigenvalue weighted by atomic mass is 35.5. The molecule has 4 rings (SSSR count). The molecule has 2 fully saturated rings. The first-order valence-electron chi connectivity index (χ1n) is 11.5. The van der Waals surface area contributed by atoms with Crippen molar-refractivity contribution in [1.82, 2.24) is 14.7 Å². The molecular weight excluding hydrogens is 446 g/mol. The van der Waals surface area contributed by atoms with E-state index in [-0.39, 0.29) is 18.1 Å². The number of hydrogen-bond acceptors (Lipinski definition) is 6. The summed E-state index contributed by atoms with van der Waals surface area (Å²) in [7, 11) is 1.36. The quantitative estimate of drug-likeness (QED) is 0.657. The van der Waals surface area contributed by atoms with Gasteiger partial charge in [-0.1, -0.05) is 11.6 Å². The molecule has 2 aromatic rings. The minimum atomic E-state index is -0.376. The van der Waals surface area contributed by atoms with Gasteiger partial charge in [-0.3, -0.25) is 4.79 Å². The van der Waals surface area contributed by atoms with Gasteiger partial charge in [0.05, 0.1) is 12.1 Å². The largest absolute Gasteiger partial charge is 0.489 e. The smallest absolute Gasteiger partial charge is 0.409 e. The van der Waals surface area contributed by atoms with Gasteiger partial charge >= 0.3 is 6.09 Å². The van der Waals surface area contributed by atoms with Gasteiger partial charge in [0.2, 0.25) is 0 Å². The Balaban J connectivity index is 1.47. The van der Waals surface area contributed by atoms with E-state index in [0.29, 0.717) is 54.3 Å². The molecule has 0 aliphatic carbocycles. The average Bonchev–Trinajstić information content (AvgIpc) is 3.14. The maximum atomic E-state index is 13.1. The van der Waals surface area contributed by atoms with Crippen LogP contribution in [0.15, 0.2) is 16.5 Å². The van der Waals surface area contributed by atoms with Crippen molar-refractivity contribution in [3.8, 4) is 5.75 Å². The third-order valence-corrected chi connectivity index (χ3v) is 6.98. The first kappa shape index (κ1) is 23.7. The third-order valence-electron chi connectivity index (χ3n) is 6.69. The van der Waals surface area contributed by atoms with Crippen LogP contribution in [0.1, 0.15) is 42.8 Å². The van der Waals surface area contributed by atoms with Crippen molar-refractivity contribution in [2.24, 2.45) is 0 Å². The number of aryl methyl sites for hydroxylation is 1. The van der Waals surface area contributed by atoms with Crippen molar-refractivity contribution in [3.05, 3.63) is 28.5 Å². The van der Waals surface area contributed by atoms with E-state index in [0.717, 1.165) is 36.9 Å². The van der Waals surface area contributed by atoms with Crippen LogP contribution in [0.5, 0.6) is 5.75 Å². The summed E-state index contributed by atoms with van der Waals surface area (Å²) in [5.41, 5.74) is 1.34. The Hall–Kier alpha value is -2.45. The molecule has 0 unspecified atom stereocenters. The number of methoxy groups -OCH3 is 1. The number of likely N-dealkylation sites (tertiary alicyclic amines) is 1. The molecule has 2 saturated heterocycles. The summed E-state index contributed by atoms with van der Waals surface area (Å²) in [6.45, 7) is 10.00. The van der Waals surface area contributed by atoms with E-state index in [1.807, 2.05) is 13.0 Å². The molecule has 0 saturated carbocycles. The van der Waals surface area contributed by atoms with Crippen LogP contribution in [0.2, 0.25) is 5.02 Å². The van der Waals surface area contributed by atoms with E-state index in [1.54, 1.807) is 15.9 Å². The lowest BCUT2D eigenvalue weighted by Crippen LogP contribution is -2.50. The second-order valence-corrected chi connectivity index (χ2v) is 9.44. The fraction of sp³-hybridized carbons (Fsp3) is 0.583. The highest BCUT2D eigenvalue weighted by Gasteiger charge is 2.29. The lowest BCUT2D eigenvalue weighted by Gasteiger charge is -2.34. The average molecular weight is 478 g/mol. The molecule has 8 nitrogen and oxygen atoms in total. The van der Waals surface area contributed by atoms with Crippen LogP contribution >= 0.6 is 11.6 Å².